The van der Waals surface area contributed by atoms with Crippen molar-refractivity contribution < 1.29 is 97.7 Å². The number of nitrogens with zero attached hydrogens (tertiary/aromatic N) is 2. The van der Waals surface area contributed by atoms with Crippen LogP contribution >= 0.6 is 0 Å². The van der Waals surface area contributed by atoms with E-state index in [0.717, 1.165) is 9.80 Å². The van der Waals surface area contributed by atoms with Gasteiger partial charge in [0, 0.05) is 26.2 Å². The van der Waals surface area contributed by atoms with Crippen LogP contribution < -0.4 is 25.7 Å². The zero-order valence-corrected chi connectivity index (χ0v) is 28.2. The minimum atomic E-state index is -1.61. The first kappa shape index (κ1) is 49.2. The molecule has 2 unspecified atom stereocenters. The molecule has 0 aliphatic carbocycles. The first-order chi connectivity index (χ1) is 23.0. The van der Waals surface area contributed by atoms with Gasteiger partial charge >= 0.3 is 17.1 Å². The van der Waals surface area contributed by atoms with Crippen LogP contribution in [0.2, 0.25) is 0 Å². The Bertz CT molecular complexity index is 1230. The molecule has 0 heterocycles. The number of carboxylic acids is 4. The van der Waals surface area contributed by atoms with Crippen molar-refractivity contribution in [1.82, 2.24) is 9.80 Å². The third kappa shape index (κ3) is 18.3. The normalized spacial score (nSPS) is 14.4. The second-order valence-electron chi connectivity index (χ2n) is 11.0. The fourth-order valence-corrected chi connectivity index (χ4v) is 4.66. The zero-order chi connectivity index (χ0) is 37.3. The first-order valence-electron chi connectivity index (χ1n) is 15.0. The van der Waals surface area contributed by atoms with Crippen LogP contribution in [0.15, 0.2) is 48.5 Å². The molecule has 9 N–H and O–H groups in total. The van der Waals surface area contributed by atoms with Gasteiger partial charge in [0.05, 0.1) is 49.6 Å². The molecule has 0 saturated carbocycles. The summed E-state index contributed by atoms with van der Waals surface area (Å²) in [6, 6.07) is 8.05. The molecule has 18 nitrogen and oxygen atoms in total. The summed E-state index contributed by atoms with van der Waals surface area (Å²) in [5.74, 6) is -6.57. The molecule has 51 heavy (non-hydrogen) atoms. The topological polar surface area (TPSA) is 325 Å². The number of nitrogens with two attached hydrogens (primary N) is 1. The molecule has 0 aliphatic rings. The van der Waals surface area contributed by atoms with Gasteiger partial charge in [-0.15, -0.1) is 0 Å². The van der Waals surface area contributed by atoms with E-state index >= 15 is 0 Å². The Morgan fingerprint density at radius 2 is 1.00 bits per heavy atom. The number of rotatable bonds is 21. The number of phenolic OH excluding ortho intramolecular Hbond substituents is 2. The van der Waals surface area contributed by atoms with Crippen molar-refractivity contribution in [2.45, 2.75) is 56.8 Å². The minimum absolute atomic E-state index is 0. The molecule has 287 valence electrons. The van der Waals surface area contributed by atoms with Gasteiger partial charge < -0.3 is 80.7 Å². The summed E-state index contributed by atoms with van der Waals surface area (Å²) in [7, 11) is 1.70. The van der Waals surface area contributed by atoms with E-state index in [1.165, 1.54) is 48.5 Å². The Balaban J connectivity index is 0. The van der Waals surface area contributed by atoms with E-state index in [1.54, 1.807) is 12.4 Å². The molecule has 1 radical (unpaired) electrons. The van der Waals surface area contributed by atoms with Gasteiger partial charge in [0.1, 0.15) is 42.5 Å². The number of carbonyl (C=O) groups is 4. The van der Waals surface area contributed by atoms with Crippen LogP contribution in [0, 0.1) is 0 Å². The molecule has 6 atom stereocenters. The van der Waals surface area contributed by atoms with E-state index in [9.17, 15) is 60.0 Å². The average Bonchev–Trinajstić information content (AvgIpc) is 3.04. The number of benzene rings is 2. The molecule has 2 rings (SSSR count). The third-order valence-electron chi connectivity index (χ3n) is 7.30. The van der Waals surface area contributed by atoms with E-state index in [2.05, 4.69) is 0 Å². The van der Waals surface area contributed by atoms with E-state index in [4.69, 9.17) is 15.3 Å². The van der Waals surface area contributed by atoms with E-state index in [0.29, 0.717) is 11.1 Å². The molecular formula is C32H46MnN3O15-. The van der Waals surface area contributed by atoms with Crippen molar-refractivity contribution in [2.24, 2.45) is 0 Å². The maximum Gasteiger partial charge on any atom is 2.00 e. The van der Waals surface area contributed by atoms with E-state index in [1.807, 2.05) is 0 Å². The number of carboxylic acid groups (broad SMARTS) is 4. The van der Waals surface area contributed by atoms with Crippen LogP contribution in [0.1, 0.15) is 18.6 Å². The standard InChI is InChI=1S/C24H28N2O10.C7H17NO5.CH4.Mn/c27-17-5-1-15(2-6-17)11-19(23(33)34)25(13-21(29)30)9-10-26(14-22(31)32)20(24(35)36)12-16-3-7-18(28)8-4-16;1-8-2-4(10)6(12)7(13)5(11)3-9;;/h1-8,19-20,27-28H,9-14H2,(H,29,30)(H,31,32)(H,33,34)(H,35,36);4-13H,2-3H2,1H3;1H4;/q;;;+2/p-3/t;4-,5+,6+,7+;;/m.0../s1. The van der Waals surface area contributed by atoms with Gasteiger partial charge in [-0.2, -0.15) is 0 Å². The number of phenols is 2. The second-order valence-corrected chi connectivity index (χ2v) is 11.0. The summed E-state index contributed by atoms with van der Waals surface area (Å²) in [6.45, 7) is -2.90. The summed E-state index contributed by atoms with van der Waals surface area (Å²) in [6.07, 6.45) is -5.96. The number of hydrogen-bond donors (Lipinski definition) is 8. The van der Waals surface area contributed by atoms with Crippen molar-refractivity contribution >= 4 is 23.9 Å². The average molecular weight is 768 g/mol. The van der Waals surface area contributed by atoms with Gasteiger partial charge in [-0.05, 0) is 48.2 Å². The monoisotopic (exact) mass is 767 g/mol. The number of likely N-dealkylation sites (N-methyl/N-ethyl adjacent to an activating group) is 1. The third-order valence-corrected chi connectivity index (χ3v) is 7.30. The molecule has 2 aromatic rings. The second kappa shape index (κ2) is 25.1. The quantitative estimate of drug-likeness (QED) is 0.0547. The summed E-state index contributed by atoms with van der Waals surface area (Å²) in [5.41, 5.74) is 0.883. The SMILES string of the molecule is C.C[NH2+]C[C@H](O)[C@@H](O)[C@H](O)[C@H](O)CO.O=C([O-])CN(CCN(CC(=O)[O-])C(Cc1ccc(O)cc1)C(=O)[O-])C(Cc1ccc(O)cc1)C(=O)[O-].[Mn+2]. The molecule has 0 bridgehead atoms. The Hall–Kier alpha value is -3.88. The largest absolute Gasteiger partial charge is 2.00 e. The Morgan fingerprint density at radius 1 is 0.667 bits per heavy atom. The fraction of sp³-hybridized carbons (Fsp3) is 0.500. The smallest absolute Gasteiger partial charge is 0.549 e. The maximum absolute atomic E-state index is 11.9. The number of carbonyl (C=O) groups excluding carboxylic acids is 4. The molecule has 0 aromatic heterocycles. The molecule has 0 saturated heterocycles. The van der Waals surface area contributed by atoms with Crippen molar-refractivity contribution in [3.8, 4) is 11.5 Å². The Morgan fingerprint density at radius 3 is 1.27 bits per heavy atom. The number of aliphatic hydroxyl groups excluding tert-OH is 5. The minimum Gasteiger partial charge on any atom is -0.549 e. The van der Waals surface area contributed by atoms with Crippen LogP contribution in [0.4, 0.5) is 0 Å². The van der Waals surface area contributed by atoms with Gasteiger partial charge in [-0.25, -0.2) is 0 Å². The van der Waals surface area contributed by atoms with Crippen molar-refractivity contribution in [1.29, 1.82) is 0 Å². The number of aliphatic carboxylic acids is 4. The molecule has 19 heteroatoms. The van der Waals surface area contributed by atoms with Gasteiger partial charge in [0.15, 0.2) is 0 Å². The van der Waals surface area contributed by atoms with Crippen LogP contribution in [0.3, 0.4) is 0 Å². The van der Waals surface area contributed by atoms with Crippen LogP contribution in [0.25, 0.3) is 0 Å². The van der Waals surface area contributed by atoms with Gasteiger partial charge in [0.2, 0.25) is 0 Å². The molecule has 0 amide bonds. The number of quaternary nitrogens is 1. The number of aromatic hydroxyl groups is 2. The summed E-state index contributed by atoms with van der Waals surface area (Å²) < 4.78 is 0. The zero-order valence-electron chi connectivity index (χ0n) is 27.0. The fourth-order valence-electron chi connectivity index (χ4n) is 4.66. The van der Waals surface area contributed by atoms with Gasteiger partial charge in [-0.3, -0.25) is 9.80 Å². The molecule has 0 fully saturated rings. The summed E-state index contributed by atoms with van der Waals surface area (Å²) >= 11 is 0. The molecular weight excluding hydrogens is 721 g/mol. The Labute approximate surface area is 305 Å². The number of aliphatic hydroxyl groups is 5. The Kier molecular flexibility index (Phi) is 24.3. The maximum atomic E-state index is 11.9. The van der Waals surface area contributed by atoms with E-state index in [-0.39, 0.29) is 68.5 Å². The van der Waals surface area contributed by atoms with Crippen LogP contribution in [0.5, 0.6) is 11.5 Å². The van der Waals surface area contributed by atoms with Crippen LogP contribution in [-0.2, 0) is 49.1 Å². The molecule has 2 aromatic carbocycles. The van der Waals surface area contributed by atoms with Crippen molar-refractivity contribution in [3.05, 3.63) is 59.7 Å². The van der Waals surface area contributed by atoms with E-state index < -0.39 is 80.1 Å². The molecule has 0 aliphatic heterocycles. The van der Waals surface area contributed by atoms with Gasteiger partial charge in [0.25, 0.3) is 0 Å². The predicted molar refractivity (Wildman–Crippen MR) is 165 cm³/mol. The van der Waals surface area contributed by atoms with Crippen molar-refractivity contribution in [3.63, 3.8) is 0 Å². The predicted octanol–water partition coefficient (Wildman–Crippen LogP) is -8.53. The summed E-state index contributed by atoms with van der Waals surface area (Å²) in [5, 5.41) is 112. The first-order valence-corrected chi connectivity index (χ1v) is 15.0. The summed E-state index contributed by atoms with van der Waals surface area (Å²) in [4.78, 5) is 48.3. The molecule has 0 spiro atoms. The van der Waals surface area contributed by atoms with Gasteiger partial charge in [-0.1, -0.05) is 31.7 Å². The number of hydrogen-bond acceptors (Lipinski definition) is 17. The van der Waals surface area contributed by atoms with Crippen molar-refractivity contribution in [2.75, 3.05) is 46.4 Å². The van der Waals surface area contributed by atoms with Crippen LogP contribution in [-0.4, -0.2) is 152 Å².